The first-order chi connectivity index (χ1) is 10.2. The normalized spacial score (nSPS) is 19.3. The summed E-state index contributed by atoms with van der Waals surface area (Å²) in [6.07, 6.45) is 5.21. The quantitative estimate of drug-likeness (QED) is 0.806. The summed E-state index contributed by atoms with van der Waals surface area (Å²) in [5.74, 6) is 1.02. The van der Waals surface area contributed by atoms with Gasteiger partial charge in [0.05, 0.1) is 0 Å². The highest BCUT2D eigenvalue weighted by Crippen LogP contribution is 2.20. The van der Waals surface area contributed by atoms with E-state index in [4.69, 9.17) is 0 Å². The molecule has 0 amide bonds. The third-order valence-electron chi connectivity index (χ3n) is 4.43. The van der Waals surface area contributed by atoms with E-state index in [1.807, 2.05) is 12.1 Å². The summed E-state index contributed by atoms with van der Waals surface area (Å²) in [7, 11) is 0. The number of phenolic OH excluding ortho intramolecular Hbond substituents is 1. The van der Waals surface area contributed by atoms with Gasteiger partial charge in [0.15, 0.2) is 0 Å². The second kappa shape index (κ2) is 8.40. The molecule has 2 rings (SSSR count). The Morgan fingerprint density at radius 2 is 1.81 bits per heavy atom. The van der Waals surface area contributed by atoms with E-state index < -0.39 is 0 Å². The summed E-state index contributed by atoms with van der Waals surface area (Å²) in [5, 5.41) is 13.1. The van der Waals surface area contributed by atoms with Crippen LogP contribution in [0.5, 0.6) is 5.75 Å². The fraction of sp³-hybridized carbons (Fsp3) is 0.667. The molecular weight excluding hydrogens is 260 g/mol. The molecule has 0 aliphatic carbocycles. The Bertz CT molecular complexity index is 398. The van der Waals surface area contributed by atoms with Crippen LogP contribution in [0.1, 0.15) is 51.1 Å². The summed E-state index contributed by atoms with van der Waals surface area (Å²) in [6.45, 7) is 9.36. The fourth-order valence-electron chi connectivity index (χ4n) is 3.20. The number of aromatic hydroxyl groups is 1. The topological polar surface area (TPSA) is 35.5 Å². The van der Waals surface area contributed by atoms with E-state index in [-0.39, 0.29) is 0 Å². The molecule has 1 fully saturated rings. The summed E-state index contributed by atoms with van der Waals surface area (Å²) < 4.78 is 0. The van der Waals surface area contributed by atoms with Gasteiger partial charge in [-0.3, -0.25) is 0 Å². The SMILES string of the molecule is CCC(NCC(C)CN1CCCCC1)c1ccc(O)cc1. The number of benzene rings is 1. The summed E-state index contributed by atoms with van der Waals surface area (Å²) in [5.41, 5.74) is 1.26. The molecule has 0 spiro atoms. The molecular formula is C18H30N2O. The average Bonchev–Trinajstić information content (AvgIpc) is 2.50. The van der Waals surface area contributed by atoms with Crippen LogP contribution in [0.25, 0.3) is 0 Å². The maximum atomic E-state index is 9.39. The van der Waals surface area contributed by atoms with Crippen LogP contribution in [0.3, 0.4) is 0 Å². The molecule has 3 nitrogen and oxygen atoms in total. The number of phenols is 1. The number of piperidine rings is 1. The molecule has 3 heteroatoms. The summed E-state index contributed by atoms with van der Waals surface area (Å²) in [6, 6.07) is 7.97. The molecule has 1 aromatic rings. The predicted molar refractivity (Wildman–Crippen MR) is 88.6 cm³/mol. The van der Waals surface area contributed by atoms with E-state index >= 15 is 0 Å². The highest BCUT2D eigenvalue weighted by Gasteiger charge is 2.15. The molecule has 0 aromatic heterocycles. The molecule has 1 heterocycles. The van der Waals surface area contributed by atoms with E-state index in [0.29, 0.717) is 17.7 Å². The summed E-state index contributed by atoms with van der Waals surface area (Å²) in [4.78, 5) is 2.61. The highest BCUT2D eigenvalue weighted by atomic mass is 16.3. The monoisotopic (exact) mass is 290 g/mol. The lowest BCUT2D eigenvalue weighted by atomic mass is 10.0. The molecule has 0 saturated carbocycles. The van der Waals surface area contributed by atoms with E-state index in [2.05, 4.69) is 24.1 Å². The van der Waals surface area contributed by atoms with Gasteiger partial charge in [-0.15, -0.1) is 0 Å². The minimum Gasteiger partial charge on any atom is -0.508 e. The van der Waals surface area contributed by atoms with Crippen LogP contribution in [0, 0.1) is 5.92 Å². The second-order valence-electron chi connectivity index (χ2n) is 6.43. The van der Waals surface area contributed by atoms with Crippen LogP contribution < -0.4 is 5.32 Å². The van der Waals surface area contributed by atoms with Gasteiger partial charge in [0.1, 0.15) is 5.75 Å². The van der Waals surface area contributed by atoms with E-state index in [0.717, 1.165) is 13.0 Å². The van der Waals surface area contributed by atoms with Gasteiger partial charge in [0, 0.05) is 12.6 Å². The number of likely N-dealkylation sites (tertiary alicyclic amines) is 1. The smallest absolute Gasteiger partial charge is 0.115 e. The van der Waals surface area contributed by atoms with Crippen molar-refractivity contribution in [3.63, 3.8) is 0 Å². The fourth-order valence-corrected chi connectivity index (χ4v) is 3.20. The molecule has 21 heavy (non-hydrogen) atoms. The number of hydrogen-bond donors (Lipinski definition) is 2. The molecule has 118 valence electrons. The van der Waals surface area contributed by atoms with Crippen molar-refractivity contribution in [2.45, 2.75) is 45.6 Å². The van der Waals surface area contributed by atoms with Crippen molar-refractivity contribution in [2.75, 3.05) is 26.2 Å². The Morgan fingerprint density at radius 3 is 2.43 bits per heavy atom. The van der Waals surface area contributed by atoms with Gasteiger partial charge in [-0.05, 0) is 62.5 Å². The molecule has 2 N–H and O–H groups in total. The lowest BCUT2D eigenvalue weighted by molar-refractivity contribution is 0.197. The van der Waals surface area contributed by atoms with Crippen molar-refractivity contribution in [2.24, 2.45) is 5.92 Å². The van der Waals surface area contributed by atoms with Crippen LogP contribution in [-0.2, 0) is 0 Å². The van der Waals surface area contributed by atoms with E-state index in [1.165, 1.54) is 44.5 Å². The largest absolute Gasteiger partial charge is 0.508 e. The van der Waals surface area contributed by atoms with Crippen molar-refractivity contribution >= 4 is 0 Å². The van der Waals surface area contributed by atoms with Gasteiger partial charge in [-0.2, -0.15) is 0 Å². The maximum Gasteiger partial charge on any atom is 0.115 e. The zero-order valence-electron chi connectivity index (χ0n) is 13.5. The lowest BCUT2D eigenvalue weighted by Gasteiger charge is -2.30. The van der Waals surface area contributed by atoms with Crippen LogP contribution in [0.4, 0.5) is 0 Å². The minimum absolute atomic E-state index is 0.340. The van der Waals surface area contributed by atoms with Crippen LogP contribution >= 0.6 is 0 Å². The third-order valence-corrected chi connectivity index (χ3v) is 4.43. The summed E-state index contributed by atoms with van der Waals surface area (Å²) >= 11 is 0. The van der Waals surface area contributed by atoms with E-state index in [1.54, 1.807) is 12.1 Å². The maximum absolute atomic E-state index is 9.39. The Balaban J connectivity index is 1.77. The standard InChI is InChI=1S/C18H30N2O/c1-3-18(16-7-9-17(21)10-8-16)19-13-15(2)14-20-11-5-4-6-12-20/h7-10,15,18-19,21H,3-6,11-14H2,1-2H3. The zero-order valence-corrected chi connectivity index (χ0v) is 13.5. The van der Waals surface area contributed by atoms with Crippen LogP contribution in [0.2, 0.25) is 0 Å². The predicted octanol–water partition coefficient (Wildman–Crippen LogP) is 3.55. The van der Waals surface area contributed by atoms with Gasteiger partial charge in [0.2, 0.25) is 0 Å². The highest BCUT2D eigenvalue weighted by molar-refractivity contribution is 5.27. The van der Waals surface area contributed by atoms with Gasteiger partial charge in [-0.1, -0.05) is 32.4 Å². The first-order valence-corrected chi connectivity index (χ1v) is 8.43. The van der Waals surface area contributed by atoms with Crippen molar-refractivity contribution in [1.29, 1.82) is 0 Å². The van der Waals surface area contributed by atoms with E-state index in [9.17, 15) is 5.11 Å². The van der Waals surface area contributed by atoms with Crippen LogP contribution in [-0.4, -0.2) is 36.2 Å². The molecule has 1 aliphatic rings. The third kappa shape index (κ3) is 5.33. The van der Waals surface area contributed by atoms with Gasteiger partial charge in [0.25, 0.3) is 0 Å². The molecule has 0 radical (unpaired) electrons. The van der Waals surface area contributed by atoms with Gasteiger partial charge in [-0.25, -0.2) is 0 Å². The zero-order chi connectivity index (χ0) is 15.1. The molecule has 2 atom stereocenters. The Labute approximate surface area is 129 Å². The molecule has 1 saturated heterocycles. The average molecular weight is 290 g/mol. The Hall–Kier alpha value is -1.06. The second-order valence-corrected chi connectivity index (χ2v) is 6.43. The number of rotatable bonds is 7. The number of nitrogens with one attached hydrogen (secondary N) is 1. The molecule has 2 unspecified atom stereocenters. The Kier molecular flexibility index (Phi) is 6.52. The van der Waals surface area contributed by atoms with Crippen molar-refractivity contribution in [3.8, 4) is 5.75 Å². The molecule has 0 bridgehead atoms. The lowest BCUT2D eigenvalue weighted by Crippen LogP contribution is -2.37. The Morgan fingerprint density at radius 1 is 1.14 bits per heavy atom. The van der Waals surface area contributed by atoms with Gasteiger partial charge < -0.3 is 15.3 Å². The number of nitrogens with zero attached hydrogens (tertiary/aromatic N) is 1. The van der Waals surface area contributed by atoms with Crippen molar-refractivity contribution < 1.29 is 5.11 Å². The van der Waals surface area contributed by atoms with Gasteiger partial charge >= 0.3 is 0 Å². The van der Waals surface area contributed by atoms with Crippen molar-refractivity contribution in [1.82, 2.24) is 10.2 Å². The number of hydrogen-bond acceptors (Lipinski definition) is 3. The molecule has 1 aliphatic heterocycles. The minimum atomic E-state index is 0.340. The van der Waals surface area contributed by atoms with Crippen LogP contribution in [0.15, 0.2) is 24.3 Å². The first kappa shape index (κ1) is 16.3. The first-order valence-electron chi connectivity index (χ1n) is 8.43. The molecule has 1 aromatic carbocycles. The van der Waals surface area contributed by atoms with Crippen molar-refractivity contribution in [3.05, 3.63) is 29.8 Å².